The molecule has 5 aromatic rings. The molecule has 0 amide bonds. The number of hydrogen-bond donors (Lipinski definition) is 2. The highest BCUT2D eigenvalue weighted by Crippen LogP contribution is 2.63. The van der Waals surface area contributed by atoms with Gasteiger partial charge in [0.2, 0.25) is 5.65 Å². The van der Waals surface area contributed by atoms with Gasteiger partial charge in [0.15, 0.2) is 0 Å². The van der Waals surface area contributed by atoms with Crippen LogP contribution in [0.2, 0.25) is 5.02 Å². The van der Waals surface area contributed by atoms with Gasteiger partial charge >= 0.3 is 0 Å². The maximum Gasteiger partial charge on any atom is 0.202 e. The van der Waals surface area contributed by atoms with Crippen molar-refractivity contribution in [3.05, 3.63) is 45.8 Å². The average molecular weight is 492 g/mol. The van der Waals surface area contributed by atoms with Gasteiger partial charge in [0.1, 0.15) is 16.3 Å². The standard InChI is InChI=1S/C23H22ClN9S/c1-11-8-34-22(28-11)23(9-25)13-6-33(7-14(13)23)16-5-26-19-18(30-31-21(19)29-16)12-3-4-15-20(17(12)24)32(2)10-27-15/h3-5,8,10,13-14H,6-7,9,25H2,1-2H3,(H,29,30,31)/t13-,14+,23?. The molecule has 1 saturated heterocycles. The molecule has 3 N–H and O–H groups in total. The third kappa shape index (κ3) is 2.61. The van der Waals surface area contributed by atoms with Crippen LogP contribution in [0.3, 0.4) is 0 Å². The maximum absolute atomic E-state index is 6.75. The van der Waals surface area contributed by atoms with Crippen LogP contribution in [0, 0.1) is 18.8 Å². The van der Waals surface area contributed by atoms with E-state index in [4.69, 9.17) is 32.3 Å². The molecule has 34 heavy (non-hydrogen) atoms. The van der Waals surface area contributed by atoms with E-state index >= 15 is 0 Å². The molecule has 1 aromatic carbocycles. The summed E-state index contributed by atoms with van der Waals surface area (Å²) in [7, 11) is 1.93. The quantitative estimate of drug-likeness (QED) is 0.396. The molecular weight excluding hydrogens is 470 g/mol. The van der Waals surface area contributed by atoms with Crippen LogP contribution in [0.5, 0.6) is 0 Å². The van der Waals surface area contributed by atoms with Crippen molar-refractivity contribution in [2.45, 2.75) is 12.3 Å². The summed E-state index contributed by atoms with van der Waals surface area (Å²) in [5.41, 5.74) is 11.9. The molecule has 0 radical (unpaired) electrons. The number of nitrogens with two attached hydrogens (primary N) is 1. The topological polar surface area (TPSA) is 114 Å². The van der Waals surface area contributed by atoms with E-state index in [2.05, 4.69) is 25.5 Å². The number of H-pyrrole nitrogens is 1. The van der Waals surface area contributed by atoms with Crippen LogP contribution >= 0.6 is 22.9 Å². The first-order valence-corrected chi connectivity index (χ1v) is 12.5. The molecule has 2 fully saturated rings. The number of benzene rings is 1. The van der Waals surface area contributed by atoms with E-state index in [1.807, 2.05) is 36.9 Å². The van der Waals surface area contributed by atoms with E-state index in [0.29, 0.717) is 34.6 Å². The summed E-state index contributed by atoms with van der Waals surface area (Å²) in [6.45, 7) is 4.49. The summed E-state index contributed by atoms with van der Waals surface area (Å²) in [6.07, 6.45) is 3.59. The van der Waals surface area contributed by atoms with E-state index in [0.717, 1.165) is 46.9 Å². The number of aryl methyl sites for hydroxylation is 2. The Balaban J connectivity index is 1.19. The van der Waals surface area contributed by atoms with Crippen molar-refractivity contribution in [3.63, 3.8) is 0 Å². The van der Waals surface area contributed by atoms with Crippen LogP contribution in [0.4, 0.5) is 5.82 Å². The number of rotatable bonds is 4. The first-order chi connectivity index (χ1) is 16.5. The second kappa shape index (κ2) is 6.97. The minimum Gasteiger partial charge on any atom is -0.355 e. The number of nitrogens with zero attached hydrogens (tertiary/aromatic N) is 7. The van der Waals surface area contributed by atoms with Gasteiger partial charge in [0.05, 0.1) is 34.3 Å². The second-order valence-electron chi connectivity index (χ2n) is 9.31. The predicted molar refractivity (Wildman–Crippen MR) is 133 cm³/mol. The second-order valence-corrected chi connectivity index (χ2v) is 10.5. The summed E-state index contributed by atoms with van der Waals surface area (Å²) in [4.78, 5) is 21.0. The smallest absolute Gasteiger partial charge is 0.202 e. The first kappa shape index (κ1) is 20.3. The Labute approximate surface area is 204 Å². The van der Waals surface area contributed by atoms with Crippen molar-refractivity contribution in [1.82, 2.24) is 34.7 Å². The van der Waals surface area contributed by atoms with Gasteiger partial charge in [-0.1, -0.05) is 11.6 Å². The highest BCUT2D eigenvalue weighted by atomic mass is 35.5. The monoisotopic (exact) mass is 491 g/mol. The molecule has 0 bridgehead atoms. The van der Waals surface area contributed by atoms with Crippen molar-refractivity contribution in [2.75, 3.05) is 24.5 Å². The van der Waals surface area contributed by atoms with Gasteiger partial charge in [-0.25, -0.2) is 19.9 Å². The molecule has 7 rings (SSSR count). The number of halogens is 1. The molecule has 5 heterocycles. The van der Waals surface area contributed by atoms with Crippen LogP contribution < -0.4 is 10.6 Å². The molecule has 9 nitrogen and oxygen atoms in total. The van der Waals surface area contributed by atoms with Crippen molar-refractivity contribution < 1.29 is 0 Å². The Morgan fingerprint density at radius 3 is 2.79 bits per heavy atom. The highest BCUT2D eigenvalue weighted by molar-refractivity contribution is 7.09. The molecular formula is C23H22ClN9S. The van der Waals surface area contributed by atoms with E-state index in [9.17, 15) is 0 Å². The lowest BCUT2D eigenvalue weighted by molar-refractivity contribution is 0.549. The van der Waals surface area contributed by atoms with Crippen molar-refractivity contribution in [1.29, 1.82) is 0 Å². The zero-order valence-electron chi connectivity index (χ0n) is 18.7. The molecule has 4 aromatic heterocycles. The van der Waals surface area contributed by atoms with Crippen LogP contribution in [0.1, 0.15) is 10.7 Å². The Morgan fingerprint density at radius 2 is 2.06 bits per heavy atom. The summed E-state index contributed by atoms with van der Waals surface area (Å²) >= 11 is 8.48. The zero-order chi connectivity index (χ0) is 23.2. The Kier molecular flexibility index (Phi) is 4.16. The zero-order valence-corrected chi connectivity index (χ0v) is 20.2. The predicted octanol–water partition coefficient (Wildman–Crippen LogP) is 3.29. The van der Waals surface area contributed by atoms with E-state index in [1.165, 1.54) is 5.01 Å². The fourth-order valence-corrected chi connectivity index (χ4v) is 7.24. The van der Waals surface area contributed by atoms with Crippen LogP contribution in [0.25, 0.3) is 33.5 Å². The number of piperidine rings is 1. The fraction of sp³-hybridized carbons (Fsp3) is 0.348. The number of aromatic nitrogens is 7. The minimum atomic E-state index is 0.0215. The number of nitrogens with one attached hydrogen (secondary N) is 1. The molecule has 2 aliphatic rings. The average Bonchev–Trinajstić information content (AvgIpc) is 3.44. The lowest BCUT2D eigenvalue weighted by Crippen LogP contribution is -2.35. The summed E-state index contributed by atoms with van der Waals surface area (Å²) in [6, 6.07) is 3.90. The van der Waals surface area contributed by atoms with Crippen molar-refractivity contribution >= 4 is 51.0 Å². The number of hydrogen-bond acceptors (Lipinski definition) is 8. The largest absolute Gasteiger partial charge is 0.355 e. The maximum atomic E-state index is 6.75. The molecule has 1 unspecified atom stereocenters. The molecule has 11 heteroatoms. The lowest BCUT2D eigenvalue weighted by Gasteiger charge is -2.25. The van der Waals surface area contributed by atoms with Gasteiger partial charge in [-0.2, -0.15) is 5.10 Å². The summed E-state index contributed by atoms with van der Waals surface area (Å²) in [5.74, 6) is 1.84. The Hall–Kier alpha value is -3.08. The summed E-state index contributed by atoms with van der Waals surface area (Å²) < 4.78 is 1.91. The minimum absolute atomic E-state index is 0.0215. The first-order valence-electron chi connectivity index (χ1n) is 11.2. The number of thiazole rings is 1. The van der Waals surface area contributed by atoms with Gasteiger partial charge in [-0.3, -0.25) is 5.10 Å². The number of anilines is 1. The van der Waals surface area contributed by atoms with Crippen LogP contribution in [-0.4, -0.2) is 54.3 Å². The highest BCUT2D eigenvalue weighted by Gasteiger charge is 2.69. The fourth-order valence-electron chi connectivity index (χ4n) is 5.72. The molecule has 172 valence electrons. The Bertz CT molecular complexity index is 1570. The molecule has 3 atom stereocenters. The normalized spacial score (nSPS) is 23.8. The van der Waals surface area contributed by atoms with Crippen LogP contribution in [-0.2, 0) is 12.5 Å². The van der Waals surface area contributed by atoms with Gasteiger partial charge in [-0.15, -0.1) is 11.3 Å². The van der Waals surface area contributed by atoms with Gasteiger partial charge < -0.3 is 15.2 Å². The third-order valence-electron chi connectivity index (χ3n) is 7.55. The van der Waals surface area contributed by atoms with E-state index in [-0.39, 0.29) is 5.41 Å². The Morgan fingerprint density at radius 1 is 1.24 bits per heavy atom. The van der Waals surface area contributed by atoms with Crippen molar-refractivity contribution in [3.8, 4) is 11.3 Å². The van der Waals surface area contributed by atoms with Gasteiger partial charge in [0, 0.05) is 48.7 Å². The van der Waals surface area contributed by atoms with E-state index < -0.39 is 0 Å². The molecule has 0 spiro atoms. The van der Waals surface area contributed by atoms with Gasteiger partial charge in [-0.05, 0) is 30.9 Å². The summed E-state index contributed by atoms with van der Waals surface area (Å²) in [5, 5.41) is 11.5. The molecule has 1 aliphatic heterocycles. The van der Waals surface area contributed by atoms with Crippen molar-refractivity contribution in [2.24, 2.45) is 24.6 Å². The molecule has 1 saturated carbocycles. The van der Waals surface area contributed by atoms with Gasteiger partial charge in [0.25, 0.3) is 0 Å². The van der Waals surface area contributed by atoms with Crippen LogP contribution in [0.15, 0.2) is 30.0 Å². The number of fused-ring (bicyclic) bond motifs is 3. The number of imidazole rings is 1. The third-order valence-corrected chi connectivity index (χ3v) is 9.09. The SMILES string of the molecule is Cc1csc(C2(CN)[C@@H]3CN(c4cnc5c(-c6ccc7ncn(C)c7c6Cl)[nH]nc5n4)C[C@@H]32)n1. The lowest BCUT2D eigenvalue weighted by atomic mass is 10.0. The molecule has 1 aliphatic carbocycles. The van der Waals surface area contributed by atoms with E-state index in [1.54, 1.807) is 17.7 Å². The number of aromatic amines is 1.